The van der Waals surface area contributed by atoms with E-state index in [-0.39, 0.29) is 33.2 Å². The van der Waals surface area contributed by atoms with Crippen LogP contribution in [0.4, 0.5) is 0 Å². The van der Waals surface area contributed by atoms with Crippen LogP contribution in [0.25, 0.3) is 11.1 Å². The highest BCUT2D eigenvalue weighted by Crippen LogP contribution is 2.40. The van der Waals surface area contributed by atoms with Crippen molar-refractivity contribution in [3.05, 3.63) is 81.3 Å². The molecule has 0 heterocycles. The quantitative estimate of drug-likeness (QED) is 0.396. The molecular weight excluding hydrogens is 440 g/mol. The number of carbonyl (C=O) groups is 2. The molecule has 0 aromatic heterocycles. The minimum Gasteiger partial charge on any atom is -0.289 e. The van der Waals surface area contributed by atoms with Crippen molar-refractivity contribution in [1.82, 2.24) is 0 Å². The molecular formula is C34H44O2. The summed E-state index contributed by atoms with van der Waals surface area (Å²) in [5.74, 6) is 0.301. The first-order valence-electron chi connectivity index (χ1n) is 13.0. The molecule has 0 unspecified atom stereocenters. The molecule has 0 bridgehead atoms. The highest BCUT2D eigenvalue weighted by atomic mass is 16.1. The molecule has 0 spiro atoms. The average molecular weight is 485 g/mol. The van der Waals surface area contributed by atoms with E-state index in [1.165, 1.54) is 0 Å². The maximum atomic E-state index is 13.3. The van der Waals surface area contributed by atoms with Gasteiger partial charge in [0.25, 0.3) is 0 Å². The van der Waals surface area contributed by atoms with Crippen LogP contribution in [0.15, 0.2) is 70.9 Å². The van der Waals surface area contributed by atoms with Gasteiger partial charge in [-0.15, -0.1) is 0 Å². The summed E-state index contributed by atoms with van der Waals surface area (Å²) in [6, 6.07) is 8.53. The second-order valence-electron chi connectivity index (χ2n) is 14.4. The number of rotatable bonds is 0. The number of hydrogen-bond acceptors (Lipinski definition) is 2. The van der Waals surface area contributed by atoms with Gasteiger partial charge < -0.3 is 0 Å². The predicted molar refractivity (Wildman–Crippen MR) is 153 cm³/mol. The zero-order valence-electron chi connectivity index (χ0n) is 24.4. The smallest absolute Gasteiger partial charge is 0.186 e. The summed E-state index contributed by atoms with van der Waals surface area (Å²) in [6.07, 6.45) is 8.25. The molecule has 36 heavy (non-hydrogen) atoms. The molecule has 0 aliphatic heterocycles. The van der Waals surface area contributed by atoms with Crippen LogP contribution < -0.4 is 10.4 Å². The minimum absolute atomic E-state index is 0.150. The van der Waals surface area contributed by atoms with Gasteiger partial charge in [-0.3, -0.25) is 9.59 Å². The minimum atomic E-state index is -0.236. The molecule has 0 N–H and O–H groups in total. The molecule has 2 heteroatoms. The van der Waals surface area contributed by atoms with Gasteiger partial charge in [0.2, 0.25) is 0 Å². The summed E-state index contributed by atoms with van der Waals surface area (Å²) in [7, 11) is 0. The highest BCUT2D eigenvalue weighted by Gasteiger charge is 2.35. The van der Waals surface area contributed by atoms with Gasteiger partial charge in [0.15, 0.2) is 11.6 Å². The van der Waals surface area contributed by atoms with Gasteiger partial charge in [0, 0.05) is 22.3 Å². The Hall–Kier alpha value is -2.74. The van der Waals surface area contributed by atoms with Crippen molar-refractivity contribution in [2.24, 2.45) is 21.7 Å². The lowest BCUT2D eigenvalue weighted by molar-refractivity contribution is -0.114. The molecule has 0 saturated carbocycles. The molecule has 2 aliphatic carbocycles. The van der Waals surface area contributed by atoms with Crippen LogP contribution in [0.1, 0.15) is 83.1 Å². The van der Waals surface area contributed by atoms with Crippen molar-refractivity contribution in [1.29, 1.82) is 0 Å². The first kappa shape index (κ1) is 27.8. The molecule has 192 valence electrons. The summed E-state index contributed by atoms with van der Waals surface area (Å²) in [5, 5.41) is 2.17. The molecule has 0 fully saturated rings. The largest absolute Gasteiger partial charge is 0.289 e. The Labute approximate surface area is 218 Å². The lowest BCUT2D eigenvalue weighted by Crippen LogP contribution is -2.29. The van der Waals surface area contributed by atoms with Crippen LogP contribution >= 0.6 is 0 Å². The van der Waals surface area contributed by atoms with Crippen LogP contribution in [0, 0.1) is 21.7 Å². The molecule has 1 aromatic rings. The van der Waals surface area contributed by atoms with E-state index in [1.54, 1.807) is 0 Å². The Morgan fingerprint density at radius 1 is 0.389 bits per heavy atom. The van der Waals surface area contributed by atoms with Crippen molar-refractivity contribution in [3.8, 4) is 0 Å². The van der Waals surface area contributed by atoms with Crippen molar-refractivity contribution in [2.45, 2.75) is 83.1 Å². The summed E-state index contributed by atoms with van der Waals surface area (Å²) in [5.41, 5.74) is 4.59. The number of Topliss-reactive ketones (excluding diaryl/α,β-unsaturated/α-hetero) is 2. The number of ketones is 2. The average Bonchev–Trinajstić information content (AvgIpc) is 2.71. The summed E-state index contributed by atoms with van der Waals surface area (Å²) in [6.45, 7) is 25.2. The van der Waals surface area contributed by atoms with Gasteiger partial charge in [-0.25, -0.2) is 0 Å². The third-order valence-corrected chi connectivity index (χ3v) is 6.96. The van der Waals surface area contributed by atoms with E-state index >= 15 is 0 Å². The van der Waals surface area contributed by atoms with Crippen LogP contribution in [0.5, 0.6) is 0 Å². The Balaban J connectivity index is 2.29. The first-order valence-corrected chi connectivity index (χ1v) is 13.0. The van der Waals surface area contributed by atoms with Gasteiger partial charge in [-0.1, -0.05) is 107 Å². The van der Waals surface area contributed by atoms with E-state index < -0.39 is 0 Å². The molecule has 0 radical (unpaired) electrons. The molecule has 1 aromatic carbocycles. The summed E-state index contributed by atoms with van der Waals surface area (Å²) < 4.78 is 0. The van der Waals surface area contributed by atoms with Gasteiger partial charge in [-0.2, -0.15) is 0 Å². The Morgan fingerprint density at radius 3 is 0.750 bits per heavy atom. The van der Waals surface area contributed by atoms with E-state index in [2.05, 4.69) is 132 Å². The summed E-state index contributed by atoms with van der Waals surface area (Å²) in [4.78, 5) is 26.6. The van der Waals surface area contributed by atoms with Gasteiger partial charge >= 0.3 is 0 Å². The Bertz CT molecular complexity index is 1150. The number of benzene rings is 1. The van der Waals surface area contributed by atoms with E-state index in [1.807, 2.05) is 0 Å². The van der Waals surface area contributed by atoms with Crippen LogP contribution in [0.3, 0.4) is 0 Å². The third-order valence-electron chi connectivity index (χ3n) is 6.96. The van der Waals surface area contributed by atoms with Gasteiger partial charge in [0.05, 0.1) is 0 Å². The summed E-state index contributed by atoms with van der Waals surface area (Å²) >= 11 is 0. The first-order chi connectivity index (χ1) is 16.2. The second-order valence-corrected chi connectivity index (χ2v) is 14.4. The zero-order chi connectivity index (χ0) is 27.4. The van der Waals surface area contributed by atoms with E-state index in [4.69, 9.17) is 0 Å². The van der Waals surface area contributed by atoms with Crippen molar-refractivity contribution in [3.63, 3.8) is 0 Å². The molecule has 2 nitrogen and oxygen atoms in total. The van der Waals surface area contributed by atoms with Gasteiger partial charge in [-0.05, 0) is 67.5 Å². The monoisotopic (exact) mass is 484 g/mol. The lowest BCUT2D eigenvalue weighted by Gasteiger charge is -2.31. The zero-order valence-corrected chi connectivity index (χ0v) is 24.4. The highest BCUT2D eigenvalue weighted by molar-refractivity contribution is 6.15. The maximum Gasteiger partial charge on any atom is 0.186 e. The SMILES string of the molecule is CC(C)(C)C1=CC(=c2ccc(=C3C=C(C(C)(C)C)C(=O)C(C(C)(C)C)=C3)cc2)C=C(C(C)(C)C)C1=O. The molecule has 0 saturated heterocycles. The molecule has 0 amide bonds. The van der Waals surface area contributed by atoms with E-state index in [9.17, 15) is 9.59 Å². The fourth-order valence-corrected chi connectivity index (χ4v) is 4.67. The normalized spacial score (nSPS) is 18.1. The molecule has 3 rings (SSSR count). The van der Waals surface area contributed by atoms with Crippen molar-refractivity contribution in [2.75, 3.05) is 0 Å². The van der Waals surface area contributed by atoms with Crippen molar-refractivity contribution >= 4 is 22.7 Å². The fourth-order valence-electron chi connectivity index (χ4n) is 4.67. The maximum absolute atomic E-state index is 13.3. The standard InChI is InChI=1S/C34H44O2/c1-31(2,3)25-17-23(18-26(29(25)35)32(4,5)6)21-13-15-22(16-14-21)24-19-27(33(7,8)9)30(36)28(20-24)34(10,11)12/h13-20H,1-12H3. The molecule has 0 atom stereocenters. The predicted octanol–water partition coefficient (Wildman–Crippen LogP) is 7.04. The number of carbonyl (C=O) groups excluding carboxylic acids is 2. The van der Waals surface area contributed by atoms with Crippen LogP contribution in [-0.4, -0.2) is 11.6 Å². The third kappa shape index (κ3) is 5.64. The topological polar surface area (TPSA) is 34.1 Å². The van der Waals surface area contributed by atoms with Gasteiger partial charge in [0.1, 0.15) is 0 Å². The van der Waals surface area contributed by atoms with Crippen LogP contribution in [-0.2, 0) is 9.59 Å². The van der Waals surface area contributed by atoms with E-state index in [0.717, 1.165) is 43.9 Å². The fraction of sp³-hybridized carbons (Fsp3) is 0.471. The number of allylic oxidation sites excluding steroid dienone is 8. The number of hydrogen-bond donors (Lipinski definition) is 0. The van der Waals surface area contributed by atoms with Crippen molar-refractivity contribution < 1.29 is 9.59 Å². The Morgan fingerprint density at radius 2 is 0.583 bits per heavy atom. The van der Waals surface area contributed by atoms with Crippen LogP contribution in [0.2, 0.25) is 0 Å². The second kappa shape index (κ2) is 8.98. The lowest BCUT2D eigenvalue weighted by atomic mass is 9.71. The molecule has 2 aliphatic rings. The Kier molecular flexibility index (Phi) is 6.94. The van der Waals surface area contributed by atoms with E-state index in [0.29, 0.717) is 0 Å².